The Morgan fingerprint density at radius 1 is 1.16 bits per heavy atom. The van der Waals surface area contributed by atoms with Crippen molar-refractivity contribution in [1.29, 1.82) is 0 Å². The molecule has 1 amide bonds. The molecule has 25 heavy (non-hydrogen) atoms. The monoisotopic (exact) mass is 399 g/mol. The van der Waals surface area contributed by atoms with Crippen LogP contribution in [0.2, 0.25) is 10.0 Å². The van der Waals surface area contributed by atoms with Gasteiger partial charge in [0.1, 0.15) is 0 Å². The lowest BCUT2D eigenvalue weighted by Gasteiger charge is -2.13. The van der Waals surface area contributed by atoms with Gasteiger partial charge >= 0.3 is 5.97 Å². The summed E-state index contributed by atoms with van der Waals surface area (Å²) in [6.45, 7) is 1.44. The normalized spacial score (nSPS) is 11.6. The fourth-order valence-corrected chi connectivity index (χ4v) is 3.18. The van der Waals surface area contributed by atoms with Crippen LogP contribution in [0.25, 0.3) is 0 Å². The van der Waals surface area contributed by atoms with Gasteiger partial charge in [0.2, 0.25) is 0 Å². The Morgan fingerprint density at radius 2 is 1.84 bits per heavy atom. The molecular weight excluding hydrogens is 385 g/mol. The van der Waals surface area contributed by atoms with Crippen molar-refractivity contribution in [3.63, 3.8) is 0 Å². The first-order chi connectivity index (χ1) is 11.8. The molecule has 1 heterocycles. The number of anilines is 1. The van der Waals surface area contributed by atoms with Crippen molar-refractivity contribution in [2.24, 2.45) is 0 Å². The maximum absolute atomic E-state index is 12.1. The Bertz CT molecular complexity index is 757. The van der Waals surface area contributed by atoms with Crippen LogP contribution in [0, 0.1) is 0 Å². The molecule has 1 N–H and O–H groups in total. The maximum atomic E-state index is 12.1. The molecule has 2 rings (SSSR count). The summed E-state index contributed by atoms with van der Waals surface area (Å²) >= 11 is 13.0. The minimum Gasteiger partial charge on any atom is -0.453 e. The second-order valence-electron chi connectivity index (χ2n) is 5.18. The number of Topliss-reactive ketones (excluding diaryl/α,β-unsaturated/α-hetero) is 1. The van der Waals surface area contributed by atoms with Crippen LogP contribution in [0.4, 0.5) is 5.69 Å². The van der Waals surface area contributed by atoms with Gasteiger partial charge in [-0.05, 0) is 36.6 Å². The van der Waals surface area contributed by atoms with Gasteiger partial charge in [-0.15, -0.1) is 11.3 Å². The van der Waals surface area contributed by atoms with Crippen molar-refractivity contribution in [2.75, 3.05) is 5.32 Å². The Hall–Kier alpha value is -1.89. The Morgan fingerprint density at radius 3 is 2.44 bits per heavy atom. The number of carbonyl (C=O) groups excluding carboxylic acids is 3. The molecule has 8 heteroatoms. The summed E-state index contributed by atoms with van der Waals surface area (Å²) < 4.78 is 5.05. The van der Waals surface area contributed by atoms with Crippen LogP contribution in [-0.4, -0.2) is 23.8 Å². The quantitative estimate of drug-likeness (QED) is 0.545. The summed E-state index contributed by atoms with van der Waals surface area (Å²) in [5.41, 5.74) is 0.401. The van der Waals surface area contributed by atoms with Crippen molar-refractivity contribution in [3.8, 4) is 0 Å². The van der Waals surface area contributed by atoms with Gasteiger partial charge in [0.25, 0.3) is 5.91 Å². The second-order valence-corrected chi connectivity index (χ2v) is 7.00. The van der Waals surface area contributed by atoms with Crippen molar-refractivity contribution < 1.29 is 19.1 Å². The van der Waals surface area contributed by atoms with Crippen molar-refractivity contribution in [2.45, 2.75) is 25.9 Å². The molecule has 0 spiro atoms. The zero-order valence-electron chi connectivity index (χ0n) is 13.3. The first kappa shape index (κ1) is 19.4. The Labute approximate surface area is 158 Å². The summed E-state index contributed by atoms with van der Waals surface area (Å²) in [5, 5.41) is 5.11. The molecule has 0 aliphatic carbocycles. The molecule has 1 aromatic heterocycles. The van der Waals surface area contributed by atoms with E-state index in [0.717, 1.165) is 0 Å². The molecule has 2 aromatic rings. The van der Waals surface area contributed by atoms with Gasteiger partial charge in [-0.2, -0.15) is 0 Å². The van der Waals surface area contributed by atoms with Gasteiger partial charge in [0.15, 0.2) is 11.9 Å². The van der Waals surface area contributed by atoms with E-state index in [1.807, 2.05) is 0 Å². The molecular formula is C17H15Cl2NO4S. The average molecular weight is 400 g/mol. The van der Waals surface area contributed by atoms with Gasteiger partial charge < -0.3 is 10.1 Å². The summed E-state index contributed by atoms with van der Waals surface area (Å²) in [6, 6.07) is 8.06. The largest absolute Gasteiger partial charge is 0.453 e. The molecule has 0 aliphatic heterocycles. The zero-order chi connectivity index (χ0) is 18.4. The average Bonchev–Trinajstić information content (AvgIpc) is 3.06. The van der Waals surface area contributed by atoms with Crippen LogP contribution in [0.1, 0.15) is 29.4 Å². The van der Waals surface area contributed by atoms with E-state index in [1.165, 1.54) is 36.5 Å². The van der Waals surface area contributed by atoms with E-state index in [1.54, 1.807) is 17.5 Å². The minimum absolute atomic E-state index is 0.0393. The van der Waals surface area contributed by atoms with Gasteiger partial charge in [-0.3, -0.25) is 14.4 Å². The molecule has 132 valence electrons. The van der Waals surface area contributed by atoms with E-state index >= 15 is 0 Å². The van der Waals surface area contributed by atoms with Gasteiger partial charge in [-0.25, -0.2) is 0 Å². The molecule has 0 saturated heterocycles. The van der Waals surface area contributed by atoms with Crippen LogP contribution >= 0.6 is 34.5 Å². The number of nitrogens with one attached hydrogen (secondary N) is 1. The number of esters is 1. The number of thiophene rings is 1. The number of ether oxygens (including phenoxy) is 1. The SMILES string of the molecule is C[C@H](OC(=O)CCC(=O)c1cccs1)C(=O)Nc1cc(Cl)cc(Cl)c1. The van der Waals surface area contributed by atoms with Gasteiger partial charge in [0, 0.05) is 22.2 Å². The van der Waals surface area contributed by atoms with Crippen LogP contribution in [-0.2, 0) is 14.3 Å². The summed E-state index contributed by atoms with van der Waals surface area (Å²) in [4.78, 5) is 36.3. The molecule has 0 unspecified atom stereocenters. The molecule has 0 fully saturated rings. The molecule has 0 radical (unpaired) electrons. The number of amides is 1. The lowest BCUT2D eigenvalue weighted by atomic mass is 10.2. The number of hydrogen-bond donors (Lipinski definition) is 1. The first-order valence-corrected chi connectivity index (χ1v) is 9.02. The smallest absolute Gasteiger partial charge is 0.307 e. The third-order valence-electron chi connectivity index (χ3n) is 3.16. The van der Waals surface area contributed by atoms with Crippen molar-refractivity contribution in [3.05, 3.63) is 50.6 Å². The molecule has 0 bridgehead atoms. The van der Waals surface area contributed by atoms with E-state index in [9.17, 15) is 14.4 Å². The summed E-state index contributed by atoms with van der Waals surface area (Å²) in [6.07, 6.45) is -1.06. The van der Waals surface area contributed by atoms with E-state index in [4.69, 9.17) is 27.9 Å². The predicted molar refractivity (Wildman–Crippen MR) is 98.5 cm³/mol. The molecule has 0 saturated carbocycles. The number of benzene rings is 1. The lowest BCUT2D eigenvalue weighted by Crippen LogP contribution is -2.30. The van der Waals surface area contributed by atoms with Crippen molar-refractivity contribution >= 4 is 57.9 Å². The van der Waals surface area contributed by atoms with Crippen LogP contribution in [0.15, 0.2) is 35.7 Å². The highest BCUT2D eigenvalue weighted by Gasteiger charge is 2.19. The van der Waals surface area contributed by atoms with E-state index in [2.05, 4.69) is 5.32 Å². The molecule has 0 aliphatic rings. The Balaban J connectivity index is 1.81. The van der Waals surface area contributed by atoms with Crippen molar-refractivity contribution in [1.82, 2.24) is 0 Å². The maximum Gasteiger partial charge on any atom is 0.307 e. The predicted octanol–water partition coefficient (Wildman–Crippen LogP) is 4.59. The number of carbonyl (C=O) groups is 3. The van der Waals surface area contributed by atoms with E-state index < -0.39 is 18.0 Å². The van der Waals surface area contributed by atoms with Gasteiger partial charge in [0.05, 0.1) is 11.3 Å². The first-order valence-electron chi connectivity index (χ1n) is 7.38. The number of rotatable bonds is 7. The van der Waals surface area contributed by atoms with E-state index in [-0.39, 0.29) is 18.6 Å². The lowest BCUT2D eigenvalue weighted by molar-refractivity contribution is -0.153. The third kappa shape index (κ3) is 6.16. The topological polar surface area (TPSA) is 72.5 Å². The fraction of sp³-hybridized carbons (Fsp3) is 0.235. The number of ketones is 1. The third-order valence-corrected chi connectivity index (χ3v) is 4.51. The van der Waals surface area contributed by atoms with Gasteiger partial charge in [-0.1, -0.05) is 29.3 Å². The van der Waals surface area contributed by atoms with Crippen LogP contribution in [0.5, 0.6) is 0 Å². The number of hydrogen-bond acceptors (Lipinski definition) is 5. The Kier molecular flexibility index (Phi) is 6.99. The van der Waals surface area contributed by atoms with E-state index in [0.29, 0.717) is 20.6 Å². The molecule has 1 aromatic carbocycles. The zero-order valence-corrected chi connectivity index (χ0v) is 15.6. The highest BCUT2D eigenvalue weighted by atomic mass is 35.5. The molecule has 1 atom stereocenters. The standard InChI is InChI=1S/C17H15Cl2NO4S/c1-10(17(23)20-13-8-11(18)7-12(19)9-13)24-16(22)5-4-14(21)15-3-2-6-25-15/h2-3,6-10H,4-5H2,1H3,(H,20,23)/t10-/m0/s1. The highest BCUT2D eigenvalue weighted by molar-refractivity contribution is 7.12. The minimum atomic E-state index is -1.01. The fourth-order valence-electron chi connectivity index (χ4n) is 1.96. The summed E-state index contributed by atoms with van der Waals surface area (Å²) in [7, 11) is 0. The molecule has 5 nitrogen and oxygen atoms in total. The van der Waals surface area contributed by atoms with Crippen LogP contribution < -0.4 is 5.32 Å². The summed E-state index contributed by atoms with van der Waals surface area (Å²) in [5.74, 6) is -1.26. The highest BCUT2D eigenvalue weighted by Crippen LogP contribution is 2.22. The number of halogens is 2. The second kappa shape index (κ2) is 8.99. The van der Waals surface area contributed by atoms with Crippen LogP contribution in [0.3, 0.4) is 0 Å².